The predicted octanol–water partition coefficient (Wildman–Crippen LogP) is 2.97. The van der Waals surface area contributed by atoms with E-state index in [1.165, 1.54) is 7.11 Å². The van der Waals surface area contributed by atoms with Gasteiger partial charge in [-0.05, 0) is 67.6 Å². The van der Waals surface area contributed by atoms with Gasteiger partial charge in [-0.1, -0.05) is 12.1 Å². The molecule has 0 spiro atoms. The monoisotopic (exact) mass is 421 g/mol. The summed E-state index contributed by atoms with van der Waals surface area (Å²) in [5.41, 5.74) is 2.82. The minimum Gasteiger partial charge on any atom is -0.465 e. The molecule has 2 aliphatic carbocycles. The van der Waals surface area contributed by atoms with Gasteiger partial charge in [0.05, 0.1) is 19.2 Å². The molecule has 31 heavy (non-hydrogen) atoms. The number of esters is 1. The molecule has 2 N–H and O–H groups in total. The van der Waals surface area contributed by atoms with Crippen LogP contribution in [0.4, 0.5) is 5.69 Å². The lowest BCUT2D eigenvalue weighted by Gasteiger charge is -2.21. The predicted molar refractivity (Wildman–Crippen MR) is 117 cm³/mol. The minimum absolute atomic E-state index is 0.0225. The largest absolute Gasteiger partial charge is 0.465 e. The summed E-state index contributed by atoms with van der Waals surface area (Å²) in [7, 11) is 1.33. The number of carbonyl (C=O) groups is 3. The van der Waals surface area contributed by atoms with Crippen molar-refractivity contribution >= 4 is 23.5 Å². The zero-order chi connectivity index (χ0) is 21.8. The maximum atomic E-state index is 12.6. The molecule has 0 radical (unpaired) electrons. The number of amides is 2. The number of rotatable bonds is 9. The first kappa shape index (κ1) is 21.1. The number of hydrogen-bond donors (Lipinski definition) is 2. The Balaban J connectivity index is 1.32. The van der Waals surface area contributed by atoms with Gasteiger partial charge in [0.2, 0.25) is 5.91 Å². The molecule has 2 amide bonds. The molecule has 0 heterocycles. The zero-order valence-electron chi connectivity index (χ0n) is 17.6. The highest BCUT2D eigenvalue weighted by molar-refractivity contribution is 5.95. The summed E-state index contributed by atoms with van der Waals surface area (Å²) in [5.74, 6) is -0.530. The van der Waals surface area contributed by atoms with Crippen LogP contribution in [0.5, 0.6) is 0 Å². The number of carbonyl (C=O) groups excluding carboxylic acids is 3. The number of nitrogens with one attached hydrogen (secondary N) is 2. The summed E-state index contributed by atoms with van der Waals surface area (Å²) in [5, 5.41) is 5.88. The molecule has 0 aromatic heterocycles. The van der Waals surface area contributed by atoms with Gasteiger partial charge in [-0.25, -0.2) is 4.79 Å². The zero-order valence-corrected chi connectivity index (χ0v) is 17.6. The lowest BCUT2D eigenvalue weighted by atomic mass is 10.1. The molecule has 2 aromatic rings. The number of anilines is 1. The van der Waals surface area contributed by atoms with Gasteiger partial charge in [0.15, 0.2) is 0 Å². The van der Waals surface area contributed by atoms with Gasteiger partial charge in [0.25, 0.3) is 5.91 Å². The standard InChI is InChI=1S/C24H27N3O4/c1-31-24(30)18-6-8-19(9-7-18)25-22(28)15-27(21-12-13-21)14-16-2-4-17(5-3-16)23(29)26-20-10-11-20/h2-9,20-21H,10-15H2,1H3,(H,25,28)(H,26,29). The molecular formula is C24H27N3O4. The second-order valence-electron chi connectivity index (χ2n) is 8.20. The molecule has 0 bridgehead atoms. The van der Waals surface area contributed by atoms with E-state index in [9.17, 15) is 14.4 Å². The molecule has 162 valence electrons. The van der Waals surface area contributed by atoms with Crippen LogP contribution in [0, 0.1) is 0 Å². The highest BCUT2D eigenvalue weighted by atomic mass is 16.5. The molecular weight excluding hydrogens is 394 g/mol. The maximum Gasteiger partial charge on any atom is 0.337 e. The van der Waals surface area contributed by atoms with Crippen LogP contribution < -0.4 is 10.6 Å². The molecule has 2 aliphatic rings. The highest BCUT2D eigenvalue weighted by Gasteiger charge is 2.30. The van der Waals surface area contributed by atoms with Gasteiger partial charge >= 0.3 is 5.97 Å². The third-order valence-corrected chi connectivity index (χ3v) is 5.51. The van der Waals surface area contributed by atoms with Gasteiger partial charge < -0.3 is 15.4 Å². The molecule has 0 unspecified atom stereocenters. The molecule has 2 aromatic carbocycles. The summed E-state index contributed by atoms with van der Waals surface area (Å²) < 4.78 is 4.68. The first-order chi connectivity index (χ1) is 15.0. The Morgan fingerprint density at radius 1 is 0.935 bits per heavy atom. The van der Waals surface area contributed by atoms with Gasteiger partial charge in [-0.3, -0.25) is 14.5 Å². The quantitative estimate of drug-likeness (QED) is 0.608. The van der Waals surface area contributed by atoms with E-state index >= 15 is 0 Å². The normalized spacial score (nSPS) is 15.4. The fraction of sp³-hybridized carbons (Fsp3) is 0.375. The van der Waals surface area contributed by atoms with Crippen LogP contribution in [-0.2, 0) is 16.1 Å². The van der Waals surface area contributed by atoms with Crippen molar-refractivity contribution in [3.63, 3.8) is 0 Å². The number of hydrogen-bond acceptors (Lipinski definition) is 5. The average Bonchev–Trinajstić information content (AvgIpc) is 3.68. The number of ether oxygens (including phenoxy) is 1. The van der Waals surface area contributed by atoms with Crippen LogP contribution in [-0.4, -0.2) is 48.4 Å². The fourth-order valence-corrected chi connectivity index (χ4v) is 3.44. The Kier molecular flexibility index (Phi) is 6.32. The van der Waals surface area contributed by atoms with Crippen LogP contribution in [0.3, 0.4) is 0 Å². The van der Waals surface area contributed by atoms with Crippen molar-refractivity contribution < 1.29 is 19.1 Å². The van der Waals surface area contributed by atoms with Crippen molar-refractivity contribution in [3.05, 3.63) is 65.2 Å². The summed E-state index contributed by atoms with van der Waals surface area (Å²) in [6.45, 7) is 0.942. The SMILES string of the molecule is COC(=O)c1ccc(NC(=O)CN(Cc2ccc(C(=O)NC3CC3)cc2)C2CC2)cc1. The summed E-state index contributed by atoms with van der Waals surface area (Å²) in [6.07, 6.45) is 4.31. The van der Waals surface area contributed by atoms with Gasteiger partial charge in [-0.2, -0.15) is 0 Å². The van der Waals surface area contributed by atoms with Gasteiger partial charge in [-0.15, -0.1) is 0 Å². The summed E-state index contributed by atoms with van der Waals surface area (Å²) in [6, 6.07) is 15.0. The molecule has 7 nitrogen and oxygen atoms in total. The van der Waals surface area contributed by atoms with Crippen molar-refractivity contribution in [1.82, 2.24) is 10.2 Å². The summed E-state index contributed by atoms with van der Waals surface area (Å²) in [4.78, 5) is 38.4. The molecule has 0 saturated heterocycles. The fourth-order valence-electron chi connectivity index (χ4n) is 3.44. The Hall–Kier alpha value is -3.19. The number of methoxy groups -OCH3 is 1. The molecule has 0 aliphatic heterocycles. The van der Waals surface area contributed by atoms with E-state index < -0.39 is 5.97 Å². The highest BCUT2D eigenvalue weighted by Crippen LogP contribution is 2.28. The van der Waals surface area contributed by atoms with E-state index in [0.717, 1.165) is 31.2 Å². The smallest absolute Gasteiger partial charge is 0.337 e. The van der Waals surface area contributed by atoms with Crippen molar-refractivity contribution in [3.8, 4) is 0 Å². The lowest BCUT2D eigenvalue weighted by Crippen LogP contribution is -2.34. The van der Waals surface area contributed by atoms with Crippen molar-refractivity contribution in [1.29, 1.82) is 0 Å². The maximum absolute atomic E-state index is 12.6. The first-order valence-electron chi connectivity index (χ1n) is 10.6. The minimum atomic E-state index is -0.408. The lowest BCUT2D eigenvalue weighted by molar-refractivity contribution is -0.117. The average molecular weight is 421 g/mol. The van der Waals surface area contributed by atoms with E-state index in [1.54, 1.807) is 24.3 Å². The number of nitrogens with zero attached hydrogens (tertiary/aromatic N) is 1. The van der Waals surface area contributed by atoms with Crippen LogP contribution in [0.2, 0.25) is 0 Å². The molecule has 2 fully saturated rings. The van der Waals surface area contributed by atoms with Crippen molar-refractivity contribution in [2.75, 3.05) is 19.0 Å². The molecule has 2 saturated carbocycles. The van der Waals surface area contributed by atoms with E-state index in [2.05, 4.69) is 20.3 Å². The van der Waals surface area contributed by atoms with Gasteiger partial charge in [0, 0.05) is 29.9 Å². The summed E-state index contributed by atoms with van der Waals surface area (Å²) >= 11 is 0. The van der Waals surface area contributed by atoms with Crippen LogP contribution in [0.25, 0.3) is 0 Å². The second kappa shape index (κ2) is 9.31. The molecule has 7 heteroatoms. The van der Waals surface area contributed by atoms with Crippen molar-refractivity contribution in [2.24, 2.45) is 0 Å². The van der Waals surface area contributed by atoms with E-state index in [0.29, 0.717) is 35.4 Å². The first-order valence-corrected chi connectivity index (χ1v) is 10.6. The Labute approximate surface area is 181 Å². The van der Waals surface area contributed by atoms with Crippen molar-refractivity contribution in [2.45, 2.75) is 44.3 Å². The third-order valence-electron chi connectivity index (χ3n) is 5.51. The second-order valence-corrected chi connectivity index (χ2v) is 8.20. The van der Waals surface area contributed by atoms with Crippen LogP contribution in [0.15, 0.2) is 48.5 Å². The number of benzene rings is 2. The third kappa shape index (κ3) is 5.92. The Morgan fingerprint density at radius 2 is 1.58 bits per heavy atom. The molecule has 0 atom stereocenters. The van der Waals surface area contributed by atoms with Crippen LogP contribution in [0.1, 0.15) is 52.0 Å². The van der Waals surface area contributed by atoms with E-state index in [4.69, 9.17) is 0 Å². The van der Waals surface area contributed by atoms with E-state index in [1.807, 2.05) is 24.3 Å². The Bertz CT molecular complexity index is 948. The van der Waals surface area contributed by atoms with Gasteiger partial charge in [0.1, 0.15) is 0 Å². The topological polar surface area (TPSA) is 87.7 Å². The molecule has 4 rings (SSSR count). The van der Waals surface area contributed by atoms with E-state index in [-0.39, 0.29) is 18.4 Å². The van der Waals surface area contributed by atoms with Crippen LogP contribution >= 0.6 is 0 Å². The Morgan fingerprint density at radius 3 is 2.16 bits per heavy atom.